The number of hydrogen-bond acceptors (Lipinski definition) is 2. The van der Waals surface area contributed by atoms with Gasteiger partial charge in [0.25, 0.3) is 0 Å². The van der Waals surface area contributed by atoms with Crippen LogP contribution >= 0.6 is 0 Å². The van der Waals surface area contributed by atoms with Crippen LogP contribution in [0.2, 0.25) is 0 Å². The maximum Gasteiger partial charge on any atom is 0.00531 e. The molecule has 0 amide bonds. The lowest BCUT2D eigenvalue weighted by atomic mass is 9.75. The normalized spacial score (nSPS) is 33.6. The van der Waals surface area contributed by atoms with Gasteiger partial charge in [-0.2, -0.15) is 0 Å². The molecule has 2 aliphatic rings. The van der Waals surface area contributed by atoms with Crippen molar-refractivity contribution in [3.8, 4) is 0 Å². The van der Waals surface area contributed by atoms with E-state index in [0.717, 1.165) is 11.8 Å². The minimum Gasteiger partial charge on any atom is -0.316 e. The van der Waals surface area contributed by atoms with E-state index in [4.69, 9.17) is 0 Å². The Labute approximate surface area is 126 Å². The molecule has 0 aromatic carbocycles. The quantitative estimate of drug-likeness (QED) is 0.846. The van der Waals surface area contributed by atoms with Crippen LogP contribution in [0.3, 0.4) is 0 Å². The summed E-state index contributed by atoms with van der Waals surface area (Å²) in [5.74, 6) is 1.70. The molecule has 2 heteroatoms. The lowest BCUT2D eigenvalue weighted by Gasteiger charge is -2.38. The highest BCUT2D eigenvalue weighted by Crippen LogP contribution is 2.38. The average molecular weight is 280 g/mol. The van der Waals surface area contributed by atoms with Crippen LogP contribution in [0.25, 0.3) is 0 Å². The zero-order chi connectivity index (χ0) is 14.8. The molecule has 0 saturated carbocycles. The molecular weight excluding hydrogens is 244 g/mol. The molecule has 0 spiro atoms. The molecule has 2 heterocycles. The Morgan fingerprint density at radius 1 is 1.20 bits per heavy atom. The number of likely N-dealkylation sites (tertiary alicyclic amines) is 1. The van der Waals surface area contributed by atoms with Crippen LogP contribution in [-0.2, 0) is 0 Å². The molecule has 0 aromatic rings. The topological polar surface area (TPSA) is 15.3 Å². The van der Waals surface area contributed by atoms with Crippen molar-refractivity contribution in [2.75, 3.05) is 32.7 Å². The number of nitrogens with one attached hydrogen (secondary N) is 1. The monoisotopic (exact) mass is 280 g/mol. The van der Waals surface area contributed by atoms with Gasteiger partial charge in [-0.3, -0.25) is 0 Å². The van der Waals surface area contributed by atoms with E-state index in [1.165, 1.54) is 58.4 Å². The van der Waals surface area contributed by atoms with Crippen LogP contribution < -0.4 is 5.32 Å². The van der Waals surface area contributed by atoms with Gasteiger partial charge in [-0.25, -0.2) is 0 Å². The van der Waals surface area contributed by atoms with Gasteiger partial charge in [-0.15, -0.1) is 0 Å². The minimum absolute atomic E-state index is 0.487. The summed E-state index contributed by atoms with van der Waals surface area (Å²) < 4.78 is 0. The molecule has 2 atom stereocenters. The lowest BCUT2D eigenvalue weighted by Crippen LogP contribution is -2.43. The summed E-state index contributed by atoms with van der Waals surface area (Å²) in [6.45, 7) is 18.5. The molecule has 2 aliphatic heterocycles. The first-order valence-corrected chi connectivity index (χ1v) is 8.76. The first-order chi connectivity index (χ1) is 9.33. The van der Waals surface area contributed by atoms with E-state index in [1.807, 2.05) is 0 Å². The summed E-state index contributed by atoms with van der Waals surface area (Å²) in [7, 11) is 0. The molecular formula is C18H36N2. The molecule has 0 radical (unpaired) electrons. The third kappa shape index (κ3) is 3.76. The van der Waals surface area contributed by atoms with Crippen molar-refractivity contribution in [3.63, 3.8) is 0 Å². The highest BCUT2D eigenvalue weighted by molar-refractivity contribution is 4.93. The van der Waals surface area contributed by atoms with Gasteiger partial charge >= 0.3 is 0 Å². The first kappa shape index (κ1) is 16.3. The summed E-state index contributed by atoms with van der Waals surface area (Å²) in [5.41, 5.74) is 1.02. The van der Waals surface area contributed by atoms with Gasteiger partial charge in [0.15, 0.2) is 0 Å². The second kappa shape index (κ2) is 6.36. The second-order valence-corrected chi connectivity index (χ2v) is 8.71. The largest absolute Gasteiger partial charge is 0.316 e. The van der Waals surface area contributed by atoms with E-state index >= 15 is 0 Å². The molecule has 2 rings (SSSR count). The fraction of sp³-hybridized carbons (Fsp3) is 1.00. The van der Waals surface area contributed by atoms with Gasteiger partial charge in [-0.1, -0.05) is 34.6 Å². The molecule has 1 N–H and O–H groups in total. The highest BCUT2D eigenvalue weighted by atomic mass is 15.1. The Kier molecular flexibility index (Phi) is 5.18. The van der Waals surface area contributed by atoms with Crippen molar-refractivity contribution >= 4 is 0 Å². The molecule has 0 aliphatic carbocycles. The summed E-state index contributed by atoms with van der Waals surface area (Å²) in [5, 5.41) is 3.61. The van der Waals surface area contributed by atoms with Gasteiger partial charge in [0.2, 0.25) is 0 Å². The average Bonchev–Trinajstić information content (AvgIpc) is 2.68. The molecule has 2 unspecified atom stereocenters. The minimum atomic E-state index is 0.487. The smallest absolute Gasteiger partial charge is 0.00531 e. The number of nitrogens with zero attached hydrogens (tertiary/aromatic N) is 1. The van der Waals surface area contributed by atoms with Crippen LogP contribution in [0.1, 0.15) is 60.3 Å². The van der Waals surface area contributed by atoms with Gasteiger partial charge < -0.3 is 10.2 Å². The van der Waals surface area contributed by atoms with Gasteiger partial charge in [0, 0.05) is 13.1 Å². The molecule has 0 bridgehead atoms. The molecule has 2 fully saturated rings. The Bertz CT molecular complexity index is 297. The predicted molar refractivity (Wildman–Crippen MR) is 88.0 cm³/mol. The van der Waals surface area contributed by atoms with Crippen LogP contribution in [-0.4, -0.2) is 37.6 Å². The molecule has 0 aromatic heterocycles. The Morgan fingerprint density at radius 2 is 1.95 bits per heavy atom. The molecule has 2 nitrogen and oxygen atoms in total. The van der Waals surface area contributed by atoms with Gasteiger partial charge in [0.1, 0.15) is 0 Å². The Morgan fingerprint density at radius 3 is 2.50 bits per heavy atom. The predicted octanol–water partition coefficient (Wildman–Crippen LogP) is 3.77. The van der Waals surface area contributed by atoms with E-state index < -0.39 is 0 Å². The van der Waals surface area contributed by atoms with Crippen LogP contribution in [0.5, 0.6) is 0 Å². The van der Waals surface area contributed by atoms with Crippen molar-refractivity contribution in [3.05, 3.63) is 0 Å². The SMILES string of the molecule is CC(C)C1(CN2CCCC(C(C)(C)C)CC2)CCNC1. The Hall–Kier alpha value is -0.0800. The van der Waals surface area contributed by atoms with Gasteiger partial charge in [-0.05, 0) is 68.0 Å². The van der Waals surface area contributed by atoms with E-state index in [2.05, 4.69) is 44.8 Å². The second-order valence-electron chi connectivity index (χ2n) is 8.71. The van der Waals surface area contributed by atoms with E-state index in [1.54, 1.807) is 0 Å². The summed E-state index contributed by atoms with van der Waals surface area (Å²) in [6.07, 6.45) is 5.57. The zero-order valence-corrected chi connectivity index (χ0v) is 14.5. The molecule has 20 heavy (non-hydrogen) atoms. The van der Waals surface area contributed by atoms with Crippen molar-refractivity contribution < 1.29 is 0 Å². The van der Waals surface area contributed by atoms with Crippen molar-refractivity contribution in [2.24, 2.45) is 22.7 Å². The van der Waals surface area contributed by atoms with Crippen molar-refractivity contribution in [1.29, 1.82) is 0 Å². The number of hydrogen-bond donors (Lipinski definition) is 1. The van der Waals surface area contributed by atoms with E-state index in [-0.39, 0.29) is 0 Å². The zero-order valence-electron chi connectivity index (χ0n) is 14.5. The maximum atomic E-state index is 3.61. The van der Waals surface area contributed by atoms with Crippen LogP contribution in [0.15, 0.2) is 0 Å². The standard InChI is InChI=1S/C18H36N2/c1-15(2)18(9-10-19-13-18)14-20-11-6-7-16(8-12-20)17(3,4)5/h15-16,19H,6-14H2,1-5H3. The molecule has 118 valence electrons. The maximum absolute atomic E-state index is 3.61. The first-order valence-electron chi connectivity index (χ1n) is 8.76. The highest BCUT2D eigenvalue weighted by Gasteiger charge is 2.39. The fourth-order valence-electron chi connectivity index (χ4n) is 4.20. The Balaban J connectivity index is 1.94. The van der Waals surface area contributed by atoms with E-state index in [0.29, 0.717) is 10.8 Å². The third-order valence-electron chi connectivity index (χ3n) is 6.09. The van der Waals surface area contributed by atoms with Gasteiger partial charge in [0.05, 0.1) is 0 Å². The third-order valence-corrected chi connectivity index (χ3v) is 6.09. The fourth-order valence-corrected chi connectivity index (χ4v) is 4.20. The van der Waals surface area contributed by atoms with Crippen molar-refractivity contribution in [2.45, 2.75) is 60.3 Å². The van der Waals surface area contributed by atoms with E-state index in [9.17, 15) is 0 Å². The summed E-state index contributed by atoms with van der Waals surface area (Å²) in [6, 6.07) is 0. The lowest BCUT2D eigenvalue weighted by molar-refractivity contribution is 0.116. The van der Waals surface area contributed by atoms with Crippen LogP contribution in [0.4, 0.5) is 0 Å². The molecule has 2 saturated heterocycles. The number of rotatable bonds is 3. The summed E-state index contributed by atoms with van der Waals surface area (Å²) in [4.78, 5) is 2.78. The summed E-state index contributed by atoms with van der Waals surface area (Å²) >= 11 is 0. The van der Waals surface area contributed by atoms with Crippen molar-refractivity contribution in [1.82, 2.24) is 10.2 Å². The van der Waals surface area contributed by atoms with Crippen LogP contribution in [0, 0.1) is 22.7 Å².